The number of anilines is 1. The third-order valence-electron chi connectivity index (χ3n) is 3.09. The number of benzene rings is 1. The van der Waals surface area contributed by atoms with Gasteiger partial charge in [-0.25, -0.2) is 0 Å². The van der Waals surface area contributed by atoms with E-state index < -0.39 is 6.04 Å². The number of carbonyl (C=O) groups excluding carboxylic acids is 1. The minimum Gasteiger partial charge on any atom is -0.346 e. The minimum absolute atomic E-state index is 0.111. The Hall–Kier alpha value is -1.43. The minimum atomic E-state index is -0.499. The van der Waals surface area contributed by atoms with E-state index in [0.717, 1.165) is 11.3 Å². The first-order chi connectivity index (χ1) is 9.08. The topological polar surface area (TPSA) is 73.6 Å². The SMILES string of the molecule is CC(C)[C@@H](N)C(=O)Nc1ccc(C2OCCO2)cc1. The van der Waals surface area contributed by atoms with E-state index >= 15 is 0 Å². The summed E-state index contributed by atoms with van der Waals surface area (Å²) in [5.41, 5.74) is 7.46. The Labute approximate surface area is 113 Å². The molecule has 1 saturated heterocycles. The smallest absolute Gasteiger partial charge is 0.241 e. The zero-order valence-electron chi connectivity index (χ0n) is 11.3. The molecule has 1 atom stereocenters. The molecule has 1 aliphatic heterocycles. The van der Waals surface area contributed by atoms with Crippen molar-refractivity contribution in [1.82, 2.24) is 0 Å². The lowest BCUT2D eigenvalue weighted by atomic mass is 10.0. The maximum absolute atomic E-state index is 11.8. The predicted molar refractivity (Wildman–Crippen MR) is 72.5 cm³/mol. The summed E-state index contributed by atoms with van der Waals surface area (Å²) in [5.74, 6) is -0.0596. The zero-order valence-corrected chi connectivity index (χ0v) is 11.3. The molecule has 1 amide bonds. The number of nitrogens with one attached hydrogen (secondary N) is 1. The second kappa shape index (κ2) is 6.14. The molecular weight excluding hydrogens is 244 g/mol. The van der Waals surface area contributed by atoms with Crippen molar-refractivity contribution in [2.45, 2.75) is 26.2 Å². The van der Waals surface area contributed by atoms with E-state index in [1.54, 1.807) is 0 Å². The monoisotopic (exact) mass is 264 g/mol. The average molecular weight is 264 g/mol. The fraction of sp³-hybridized carbons (Fsp3) is 0.500. The lowest BCUT2D eigenvalue weighted by Crippen LogP contribution is -2.39. The molecule has 0 bridgehead atoms. The number of hydrogen-bond acceptors (Lipinski definition) is 4. The van der Waals surface area contributed by atoms with Gasteiger partial charge in [-0.05, 0) is 18.1 Å². The van der Waals surface area contributed by atoms with Crippen molar-refractivity contribution in [2.75, 3.05) is 18.5 Å². The largest absolute Gasteiger partial charge is 0.346 e. The van der Waals surface area contributed by atoms with Crippen LogP contribution in [0.2, 0.25) is 0 Å². The van der Waals surface area contributed by atoms with Gasteiger partial charge in [0.2, 0.25) is 5.91 Å². The fourth-order valence-corrected chi connectivity index (χ4v) is 1.80. The number of nitrogens with two attached hydrogens (primary N) is 1. The quantitative estimate of drug-likeness (QED) is 0.867. The average Bonchev–Trinajstić information content (AvgIpc) is 2.92. The van der Waals surface area contributed by atoms with Gasteiger partial charge in [0.15, 0.2) is 6.29 Å². The number of carbonyl (C=O) groups is 1. The molecule has 0 saturated carbocycles. The summed E-state index contributed by atoms with van der Waals surface area (Å²) in [5, 5.41) is 2.80. The van der Waals surface area contributed by atoms with E-state index in [0.29, 0.717) is 13.2 Å². The molecule has 1 aromatic carbocycles. The van der Waals surface area contributed by atoms with Crippen LogP contribution in [-0.2, 0) is 14.3 Å². The summed E-state index contributed by atoms with van der Waals surface area (Å²) in [6, 6.07) is 6.91. The van der Waals surface area contributed by atoms with Gasteiger partial charge >= 0.3 is 0 Å². The maximum atomic E-state index is 11.8. The van der Waals surface area contributed by atoms with Gasteiger partial charge in [-0.3, -0.25) is 4.79 Å². The van der Waals surface area contributed by atoms with Gasteiger partial charge in [0.1, 0.15) is 0 Å². The van der Waals surface area contributed by atoms with Gasteiger partial charge in [0, 0.05) is 11.3 Å². The summed E-state index contributed by atoms with van der Waals surface area (Å²) in [6.45, 7) is 5.07. The van der Waals surface area contributed by atoms with Crippen molar-refractivity contribution < 1.29 is 14.3 Å². The highest BCUT2D eigenvalue weighted by molar-refractivity contribution is 5.94. The molecule has 1 aliphatic rings. The Morgan fingerprint density at radius 1 is 1.26 bits per heavy atom. The van der Waals surface area contributed by atoms with Gasteiger partial charge in [-0.2, -0.15) is 0 Å². The van der Waals surface area contributed by atoms with Crippen molar-refractivity contribution in [2.24, 2.45) is 11.7 Å². The van der Waals surface area contributed by atoms with E-state index in [2.05, 4.69) is 5.32 Å². The highest BCUT2D eigenvalue weighted by Crippen LogP contribution is 2.24. The molecule has 1 fully saturated rings. The molecule has 0 radical (unpaired) electrons. The predicted octanol–water partition coefficient (Wildman–Crippen LogP) is 1.65. The van der Waals surface area contributed by atoms with Crippen molar-refractivity contribution in [3.8, 4) is 0 Å². The third-order valence-corrected chi connectivity index (χ3v) is 3.09. The number of ether oxygens (including phenoxy) is 2. The van der Waals surface area contributed by atoms with Crippen molar-refractivity contribution in [3.05, 3.63) is 29.8 Å². The summed E-state index contributed by atoms with van der Waals surface area (Å²) >= 11 is 0. The highest BCUT2D eigenvalue weighted by Gasteiger charge is 2.19. The second-order valence-electron chi connectivity index (χ2n) is 4.95. The molecule has 1 heterocycles. The first kappa shape index (κ1) is 14.0. The Bertz CT molecular complexity index is 425. The Morgan fingerprint density at radius 3 is 2.37 bits per heavy atom. The van der Waals surface area contributed by atoms with E-state index in [9.17, 15) is 4.79 Å². The van der Waals surface area contributed by atoms with E-state index in [-0.39, 0.29) is 18.1 Å². The molecule has 0 aliphatic carbocycles. The highest BCUT2D eigenvalue weighted by atomic mass is 16.7. The standard InChI is InChI=1S/C14H20N2O3/c1-9(2)12(15)13(17)16-11-5-3-10(4-6-11)14-18-7-8-19-14/h3-6,9,12,14H,7-8,15H2,1-2H3,(H,16,17)/t12-/m1/s1. The van der Waals surface area contributed by atoms with Crippen LogP contribution in [0.5, 0.6) is 0 Å². The molecule has 1 aromatic rings. The second-order valence-corrected chi connectivity index (χ2v) is 4.95. The molecule has 0 spiro atoms. The van der Waals surface area contributed by atoms with Gasteiger partial charge in [0.25, 0.3) is 0 Å². The van der Waals surface area contributed by atoms with Crippen molar-refractivity contribution in [1.29, 1.82) is 0 Å². The van der Waals surface area contributed by atoms with Gasteiger partial charge < -0.3 is 20.5 Å². The van der Waals surface area contributed by atoms with Crippen LogP contribution < -0.4 is 11.1 Å². The van der Waals surface area contributed by atoms with Crippen LogP contribution >= 0.6 is 0 Å². The van der Waals surface area contributed by atoms with Gasteiger partial charge in [-0.1, -0.05) is 26.0 Å². The van der Waals surface area contributed by atoms with Crippen LogP contribution in [0.4, 0.5) is 5.69 Å². The Balaban J connectivity index is 1.96. The first-order valence-corrected chi connectivity index (χ1v) is 6.47. The zero-order chi connectivity index (χ0) is 13.8. The van der Waals surface area contributed by atoms with Crippen LogP contribution in [0.1, 0.15) is 25.7 Å². The van der Waals surface area contributed by atoms with E-state index in [4.69, 9.17) is 15.2 Å². The van der Waals surface area contributed by atoms with E-state index in [1.165, 1.54) is 0 Å². The van der Waals surface area contributed by atoms with Crippen LogP contribution in [-0.4, -0.2) is 25.2 Å². The van der Waals surface area contributed by atoms with Gasteiger partial charge in [0.05, 0.1) is 19.3 Å². The Morgan fingerprint density at radius 2 is 1.84 bits per heavy atom. The molecule has 19 heavy (non-hydrogen) atoms. The third kappa shape index (κ3) is 3.53. The fourth-order valence-electron chi connectivity index (χ4n) is 1.80. The lowest BCUT2D eigenvalue weighted by Gasteiger charge is -2.16. The Kier molecular flexibility index (Phi) is 4.52. The van der Waals surface area contributed by atoms with Crippen LogP contribution in [0.25, 0.3) is 0 Å². The van der Waals surface area contributed by atoms with Crippen LogP contribution in [0, 0.1) is 5.92 Å². The van der Waals surface area contributed by atoms with Crippen LogP contribution in [0.3, 0.4) is 0 Å². The molecule has 104 valence electrons. The molecule has 0 unspecified atom stereocenters. The number of rotatable bonds is 4. The number of hydrogen-bond donors (Lipinski definition) is 2. The van der Waals surface area contributed by atoms with Crippen LogP contribution in [0.15, 0.2) is 24.3 Å². The summed E-state index contributed by atoms with van der Waals surface area (Å²) in [4.78, 5) is 11.8. The van der Waals surface area contributed by atoms with E-state index in [1.807, 2.05) is 38.1 Å². The lowest BCUT2D eigenvalue weighted by molar-refractivity contribution is -0.118. The summed E-state index contributed by atoms with van der Waals surface area (Å²) in [6.07, 6.45) is -0.289. The molecule has 5 nitrogen and oxygen atoms in total. The van der Waals surface area contributed by atoms with Crippen molar-refractivity contribution in [3.63, 3.8) is 0 Å². The summed E-state index contributed by atoms with van der Waals surface area (Å²) < 4.78 is 10.8. The number of amides is 1. The molecule has 5 heteroatoms. The van der Waals surface area contributed by atoms with Gasteiger partial charge in [-0.15, -0.1) is 0 Å². The normalized spacial score (nSPS) is 17.7. The molecule has 2 rings (SSSR count). The first-order valence-electron chi connectivity index (χ1n) is 6.47. The summed E-state index contributed by atoms with van der Waals surface area (Å²) in [7, 11) is 0. The maximum Gasteiger partial charge on any atom is 0.241 e. The molecular formula is C14H20N2O3. The molecule has 3 N–H and O–H groups in total. The van der Waals surface area contributed by atoms with Crippen molar-refractivity contribution >= 4 is 11.6 Å². The molecule has 0 aromatic heterocycles.